The molecule has 3 saturated carbocycles. The zero-order valence-corrected chi connectivity index (χ0v) is 30.1. The van der Waals surface area contributed by atoms with Crippen LogP contribution in [0.25, 0.3) is 0 Å². The van der Waals surface area contributed by atoms with Gasteiger partial charge in [0.2, 0.25) is 0 Å². The second-order valence-electron chi connectivity index (χ2n) is 17.2. The van der Waals surface area contributed by atoms with Gasteiger partial charge in [0.15, 0.2) is 0 Å². The molecule has 0 saturated heterocycles. The molecule has 3 rings (SSSR count). The summed E-state index contributed by atoms with van der Waals surface area (Å²) >= 11 is -2.51. The molecule has 40 heavy (non-hydrogen) atoms. The molecule has 4 heteroatoms. The highest BCUT2D eigenvalue weighted by molar-refractivity contribution is 6.37. The molecule has 3 aliphatic carbocycles. The molecule has 0 bridgehead atoms. The van der Waals surface area contributed by atoms with E-state index in [0.717, 1.165) is 38.5 Å². The summed E-state index contributed by atoms with van der Waals surface area (Å²) in [7, 11) is 0. The maximum Gasteiger partial charge on any atom is 0.906 e. The van der Waals surface area contributed by atoms with E-state index in [1.807, 2.05) is 0 Å². The highest BCUT2D eigenvalue weighted by Gasteiger charge is 2.60. The molecule has 0 unspecified atom stereocenters. The third-order valence-corrected chi connectivity index (χ3v) is 11.5. The first-order chi connectivity index (χ1) is 18.6. The topological polar surface area (TPSA) is 27.7 Å². The summed E-state index contributed by atoms with van der Waals surface area (Å²) in [6.07, 6.45) is 14.6. The van der Waals surface area contributed by atoms with Crippen LogP contribution in [0.5, 0.6) is 0 Å². The maximum atomic E-state index is 7.67. The minimum atomic E-state index is -2.51. The van der Waals surface area contributed by atoms with Gasteiger partial charge in [-0.25, -0.2) is 0 Å². The number of hydrogen-bond acceptors (Lipinski definition) is 3. The lowest BCUT2D eigenvalue weighted by atomic mass is 9.81. The Balaban J connectivity index is 2.08. The number of hydrogen-bond donors (Lipinski definition) is 0. The molecule has 0 radical (unpaired) electrons. The Labute approximate surface area is 256 Å². The van der Waals surface area contributed by atoms with Crippen molar-refractivity contribution < 1.29 is 11.4 Å². The van der Waals surface area contributed by atoms with Crippen LogP contribution in [0.2, 0.25) is 0 Å². The van der Waals surface area contributed by atoms with Crippen LogP contribution < -0.4 is 0 Å². The first kappa shape index (κ1) is 34.9. The van der Waals surface area contributed by atoms with Crippen LogP contribution in [-0.2, 0) is 11.4 Å². The van der Waals surface area contributed by atoms with E-state index in [2.05, 4.69) is 83.1 Å². The van der Waals surface area contributed by atoms with E-state index in [1.54, 1.807) is 0 Å². The van der Waals surface area contributed by atoms with Crippen molar-refractivity contribution in [3.63, 3.8) is 0 Å². The molecular weight excluding hydrogens is 507 g/mol. The fourth-order valence-corrected chi connectivity index (χ4v) is 10.9. The predicted octanol–water partition coefficient (Wildman–Crippen LogP) is 10.7. The summed E-state index contributed by atoms with van der Waals surface area (Å²) in [5.41, 5.74) is -0.306. The third-order valence-electron chi connectivity index (χ3n) is 9.48. The lowest BCUT2D eigenvalue weighted by Crippen LogP contribution is -2.55. The zero-order valence-electron chi connectivity index (χ0n) is 29.0. The molecule has 0 amide bonds. The molecule has 0 spiro atoms. The van der Waals surface area contributed by atoms with Gasteiger partial charge in [-0.3, -0.25) is 0 Å². The Hall–Kier alpha value is 0.412. The summed E-state index contributed by atoms with van der Waals surface area (Å²) in [5.74, 6) is 5.62. The highest BCUT2D eigenvalue weighted by atomic mass is 27.3. The Kier molecular flexibility index (Phi) is 12.6. The van der Waals surface area contributed by atoms with Gasteiger partial charge in [0.05, 0.1) is 0 Å². The Morgan fingerprint density at radius 3 is 0.700 bits per heavy atom. The predicted molar refractivity (Wildman–Crippen MR) is 172 cm³/mol. The van der Waals surface area contributed by atoms with Crippen LogP contribution in [0.3, 0.4) is 0 Å². The normalized spacial score (nSPS) is 19.4. The summed E-state index contributed by atoms with van der Waals surface area (Å²) in [6.45, 7) is 28.6. The highest BCUT2D eigenvalue weighted by Crippen LogP contribution is 2.54. The van der Waals surface area contributed by atoms with E-state index in [9.17, 15) is 0 Å². The first-order valence-corrected chi connectivity index (χ1v) is 19.0. The van der Waals surface area contributed by atoms with Gasteiger partial charge < -0.3 is 11.4 Å². The molecule has 0 aromatic heterocycles. The van der Waals surface area contributed by atoms with Gasteiger partial charge in [-0.1, -0.05) is 83.1 Å². The van der Waals surface area contributed by atoms with E-state index < -0.39 is 15.1 Å². The summed E-state index contributed by atoms with van der Waals surface area (Å²) in [6, 6.07) is 0. The van der Waals surface area contributed by atoms with Crippen molar-refractivity contribution in [2.75, 3.05) is 0 Å². The van der Waals surface area contributed by atoms with Crippen LogP contribution in [0.15, 0.2) is 0 Å². The largest absolute Gasteiger partial charge is 0.906 e. The van der Waals surface area contributed by atoms with Gasteiger partial charge in [-0.05, 0) is 130 Å². The lowest BCUT2D eigenvalue weighted by molar-refractivity contribution is -0.132. The summed E-state index contributed by atoms with van der Waals surface area (Å²) < 4.78 is 23.0. The van der Waals surface area contributed by atoms with Crippen LogP contribution in [0.4, 0.5) is 0 Å². The van der Waals surface area contributed by atoms with Crippen molar-refractivity contribution in [3.8, 4) is 0 Å². The molecule has 234 valence electrons. The van der Waals surface area contributed by atoms with Gasteiger partial charge in [-0.2, -0.15) is 0 Å². The third kappa shape index (κ3) is 10.3. The van der Waals surface area contributed by atoms with E-state index in [0.29, 0.717) is 53.3 Å². The van der Waals surface area contributed by atoms with Crippen LogP contribution in [0, 0.1) is 53.3 Å². The second-order valence-corrected chi connectivity index (χ2v) is 18.5. The average Bonchev–Trinajstić information content (AvgIpc) is 3.63. The molecule has 0 heterocycles. The minimum absolute atomic E-state index is 0.102. The average molecular weight is 577 g/mol. The summed E-state index contributed by atoms with van der Waals surface area (Å²) in [5, 5.41) is 0. The van der Waals surface area contributed by atoms with Crippen molar-refractivity contribution in [2.24, 2.45) is 53.3 Å². The fourth-order valence-electron chi connectivity index (χ4n) is 8.45. The quantitative estimate of drug-likeness (QED) is 0.127. The summed E-state index contributed by atoms with van der Waals surface area (Å²) in [4.78, 5) is 0. The van der Waals surface area contributed by atoms with Crippen molar-refractivity contribution in [2.45, 2.75) is 177 Å². The lowest BCUT2D eigenvalue weighted by Gasteiger charge is -2.47. The molecule has 3 fully saturated rings. The maximum absolute atomic E-state index is 7.67. The molecular formula is C36H69AlO3. The van der Waals surface area contributed by atoms with Gasteiger partial charge >= 0.3 is 15.1 Å². The van der Waals surface area contributed by atoms with E-state index in [-0.39, 0.29) is 16.8 Å². The van der Waals surface area contributed by atoms with E-state index >= 15 is 0 Å². The van der Waals surface area contributed by atoms with Gasteiger partial charge in [0.1, 0.15) is 0 Å². The van der Waals surface area contributed by atoms with Gasteiger partial charge in [0, 0.05) is 16.8 Å². The van der Waals surface area contributed by atoms with Crippen molar-refractivity contribution in [1.29, 1.82) is 0 Å². The van der Waals surface area contributed by atoms with Gasteiger partial charge in [0.25, 0.3) is 0 Å². The molecule has 3 nitrogen and oxygen atoms in total. The molecule has 0 atom stereocenters. The second kappa shape index (κ2) is 14.5. The van der Waals surface area contributed by atoms with Crippen LogP contribution in [0.1, 0.15) is 160 Å². The Morgan fingerprint density at radius 2 is 0.575 bits per heavy atom. The SMILES string of the molecule is CC(C)CC(CC(C)C)([O][Al]([O]C(CC(C)C)(CC(C)C)C1CC1)[O]C(CC(C)C)(CC(C)C)C1CC1)C1CC1. The van der Waals surface area contributed by atoms with Crippen LogP contribution in [-0.4, -0.2) is 32.0 Å². The zero-order chi connectivity index (χ0) is 29.9. The number of rotatable bonds is 21. The fraction of sp³-hybridized carbons (Fsp3) is 1.00. The molecule has 0 aliphatic heterocycles. The van der Waals surface area contributed by atoms with E-state index in [1.165, 1.54) is 38.5 Å². The smallest absolute Gasteiger partial charge is 0.449 e. The van der Waals surface area contributed by atoms with Crippen molar-refractivity contribution in [3.05, 3.63) is 0 Å². The molecule has 0 aromatic rings. The monoisotopic (exact) mass is 577 g/mol. The minimum Gasteiger partial charge on any atom is -0.449 e. The van der Waals surface area contributed by atoms with Crippen molar-refractivity contribution >= 4 is 15.1 Å². The Morgan fingerprint density at radius 1 is 0.400 bits per heavy atom. The van der Waals surface area contributed by atoms with E-state index in [4.69, 9.17) is 11.4 Å². The molecule has 0 aromatic carbocycles. The Bertz CT molecular complexity index is 615. The van der Waals surface area contributed by atoms with Crippen LogP contribution >= 0.6 is 0 Å². The van der Waals surface area contributed by atoms with Crippen molar-refractivity contribution in [1.82, 2.24) is 0 Å². The molecule has 0 N–H and O–H groups in total. The standard InChI is InChI=1S/3C12H23O.Al/c3*1-9(2)7-12(13,8-10(3)4)11-5-6-11;/h3*9-11H,5-8H2,1-4H3;/q3*-1;+3. The first-order valence-electron chi connectivity index (χ1n) is 17.6. The van der Waals surface area contributed by atoms with Gasteiger partial charge in [-0.15, -0.1) is 0 Å². The molecule has 3 aliphatic rings.